The molecule has 3 heteroatoms. The molecule has 0 fully saturated rings. The third kappa shape index (κ3) is 3.94. The van der Waals surface area contributed by atoms with Gasteiger partial charge in [-0.2, -0.15) is 0 Å². The molecule has 0 bridgehead atoms. The standard InChI is InChI=1S/C17H17BrO2/c1-2-3-4-13-5-8-16(9-6-13)20-17-10-7-15(18)11-14(17)12-19/h5-12H,2-4H2,1H3. The van der Waals surface area contributed by atoms with Crippen molar-refractivity contribution in [2.75, 3.05) is 0 Å². The average molecular weight is 333 g/mol. The van der Waals surface area contributed by atoms with Crippen molar-refractivity contribution >= 4 is 22.2 Å². The van der Waals surface area contributed by atoms with Crippen LogP contribution in [0, 0.1) is 0 Å². The fourth-order valence-corrected chi connectivity index (χ4v) is 2.32. The molecular formula is C17H17BrO2. The van der Waals surface area contributed by atoms with Crippen molar-refractivity contribution in [1.82, 2.24) is 0 Å². The first-order chi connectivity index (χ1) is 9.72. The summed E-state index contributed by atoms with van der Waals surface area (Å²) in [6.07, 6.45) is 4.28. The van der Waals surface area contributed by atoms with Gasteiger partial charge in [-0.1, -0.05) is 41.4 Å². The molecule has 2 aromatic rings. The van der Waals surface area contributed by atoms with Crippen LogP contribution >= 0.6 is 15.9 Å². The molecule has 0 atom stereocenters. The Morgan fingerprint density at radius 1 is 1.15 bits per heavy atom. The number of aryl methyl sites for hydroxylation is 1. The van der Waals surface area contributed by atoms with Gasteiger partial charge in [-0.25, -0.2) is 0 Å². The zero-order chi connectivity index (χ0) is 14.4. The van der Waals surface area contributed by atoms with Crippen LogP contribution in [0.25, 0.3) is 0 Å². The molecule has 0 saturated carbocycles. The maximum atomic E-state index is 11.0. The smallest absolute Gasteiger partial charge is 0.153 e. The van der Waals surface area contributed by atoms with Gasteiger partial charge in [-0.3, -0.25) is 4.79 Å². The predicted molar refractivity (Wildman–Crippen MR) is 84.7 cm³/mol. The van der Waals surface area contributed by atoms with Gasteiger partial charge in [0.15, 0.2) is 6.29 Å². The number of unbranched alkanes of at least 4 members (excludes halogenated alkanes) is 1. The number of carbonyl (C=O) groups excluding carboxylic acids is 1. The van der Waals surface area contributed by atoms with Gasteiger partial charge in [0.25, 0.3) is 0 Å². The number of rotatable bonds is 6. The monoisotopic (exact) mass is 332 g/mol. The lowest BCUT2D eigenvalue weighted by atomic mass is 10.1. The molecule has 0 N–H and O–H groups in total. The van der Waals surface area contributed by atoms with Gasteiger partial charge in [0, 0.05) is 4.47 Å². The van der Waals surface area contributed by atoms with Crippen molar-refractivity contribution in [1.29, 1.82) is 0 Å². The van der Waals surface area contributed by atoms with Crippen LogP contribution in [0.15, 0.2) is 46.9 Å². The Bertz CT molecular complexity index is 576. The van der Waals surface area contributed by atoms with Crippen molar-refractivity contribution in [2.45, 2.75) is 26.2 Å². The Hall–Kier alpha value is -1.61. The van der Waals surface area contributed by atoms with Gasteiger partial charge in [0.05, 0.1) is 5.56 Å². The fourth-order valence-electron chi connectivity index (χ4n) is 1.94. The number of halogens is 1. The zero-order valence-corrected chi connectivity index (χ0v) is 13.0. The van der Waals surface area contributed by atoms with E-state index in [0.29, 0.717) is 11.3 Å². The molecule has 0 unspecified atom stereocenters. The molecular weight excluding hydrogens is 316 g/mol. The van der Waals surface area contributed by atoms with Crippen LogP contribution in [0.4, 0.5) is 0 Å². The number of hydrogen-bond donors (Lipinski definition) is 0. The minimum Gasteiger partial charge on any atom is -0.457 e. The SMILES string of the molecule is CCCCc1ccc(Oc2ccc(Br)cc2C=O)cc1. The number of carbonyl (C=O) groups is 1. The molecule has 0 aromatic heterocycles. The molecule has 104 valence electrons. The molecule has 0 aliphatic heterocycles. The minimum atomic E-state index is 0.537. The normalized spacial score (nSPS) is 10.3. The van der Waals surface area contributed by atoms with Gasteiger partial charge in [0.2, 0.25) is 0 Å². The average Bonchev–Trinajstić information content (AvgIpc) is 2.48. The van der Waals surface area contributed by atoms with E-state index in [2.05, 4.69) is 35.0 Å². The Kier molecular flexibility index (Phi) is 5.36. The molecule has 0 amide bonds. The van der Waals surface area contributed by atoms with Crippen LogP contribution in [0.2, 0.25) is 0 Å². The van der Waals surface area contributed by atoms with Crippen molar-refractivity contribution in [3.8, 4) is 11.5 Å². The highest BCUT2D eigenvalue weighted by molar-refractivity contribution is 9.10. The molecule has 0 saturated heterocycles. The second-order valence-corrected chi connectivity index (χ2v) is 5.57. The van der Waals surface area contributed by atoms with E-state index < -0.39 is 0 Å². The first kappa shape index (κ1) is 14.8. The Balaban J connectivity index is 2.12. The van der Waals surface area contributed by atoms with Gasteiger partial charge in [0.1, 0.15) is 11.5 Å². The largest absolute Gasteiger partial charge is 0.457 e. The first-order valence-electron chi connectivity index (χ1n) is 6.74. The predicted octanol–water partition coefficient (Wildman–Crippen LogP) is 5.40. The summed E-state index contributed by atoms with van der Waals surface area (Å²) in [5, 5.41) is 0. The highest BCUT2D eigenvalue weighted by Gasteiger charge is 2.05. The van der Waals surface area contributed by atoms with Crippen molar-refractivity contribution < 1.29 is 9.53 Å². The lowest BCUT2D eigenvalue weighted by Crippen LogP contribution is -1.91. The molecule has 2 aromatic carbocycles. The summed E-state index contributed by atoms with van der Waals surface area (Å²) >= 11 is 3.34. The maximum absolute atomic E-state index is 11.0. The summed E-state index contributed by atoms with van der Waals surface area (Å²) in [4.78, 5) is 11.0. The molecule has 2 rings (SSSR count). The molecule has 0 aliphatic rings. The van der Waals surface area contributed by atoms with Crippen LogP contribution in [-0.4, -0.2) is 6.29 Å². The third-order valence-electron chi connectivity index (χ3n) is 3.07. The lowest BCUT2D eigenvalue weighted by Gasteiger charge is -2.09. The maximum Gasteiger partial charge on any atom is 0.153 e. The first-order valence-corrected chi connectivity index (χ1v) is 7.53. The minimum absolute atomic E-state index is 0.537. The van der Waals surface area contributed by atoms with Crippen molar-refractivity contribution in [3.63, 3.8) is 0 Å². The summed E-state index contributed by atoms with van der Waals surface area (Å²) in [6, 6.07) is 13.4. The van der Waals surface area contributed by atoms with Crippen LogP contribution in [0.3, 0.4) is 0 Å². The molecule has 0 heterocycles. The zero-order valence-electron chi connectivity index (χ0n) is 11.4. The summed E-state index contributed by atoms with van der Waals surface area (Å²) < 4.78 is 6.63. The Labute approximate surface area is 127 Å². The molecule has 20 heavy (non-hydrogen) atoms. The van der Waals surface area contributed by atoms with E-state index in [4.69, 9.17) is 4.74 Å². The Morgan fingerprint density at radius 2 is 1.90 bits per heavy atom. The van der Waals surface area contributed by atoms with E-state index in [1.807, 2.05) is 18.2 Å². The Morgan fingerprint density at radius 3 is 2.55 bits per heavy atom. The van der Waals surface area contributed by atoms with Crippen molar-refractivity contribution in [3.05, 3.63) is 58.1 Å². The highest BCUT2D eigenvalue weighted by atomic mass is 79.9. The van der Waals surface area contributed by atoms with Crippen LogP contribution in [0.1, 0.15) is 35.7 Å². The van der Waals surface area contributed by atoms with E-state index in [9.17, 15) is 4.79 Å². The number of aldehydes is 1. The summed E-state index contributed by atoms with van der Waals surface area (Å²) in [6.45, 7) is 2.19. The number of ether oxygens (including phenoxy) is 1. The molecule has 0 radical (unpaired) electrons. The quantitative estimate of drug-likeness (QED) is 0.662. The second-order valence-electron chi connectivity index (χ2n) is 4.65. The van der Waals surface area contributed by atoms with E-state index in [0.717, 1.165) is 22.9 Å². The van der Waals surface area contributed by atoms with Crippen LogP contribution in [0.5, 0.6) is 11.5 Å². The molecule has 0 aliphatic carbocycles. The molecule has 0 spiro atoms. The number of benzene rings is 2. The highest BCUT2D eigenvalue weighted by Crippen LogP contribution is 2.27. The van der Waals surface area contributed by atoms with Crippen LogP contribution in [-0.2, 0) is 6.42 Å². The molecule has 2 nitrogen and oxygen atoms in total. The summed E-state index contributed by atoms with van der Waals surface area (Å²) in [5.41, 5.74) is 1.85. The van der Waals surface area contributed by atoms with E-state index in [1.165, 1.54) is 18.4 Å². The van der Waals surface area contributed by atoms with Crippen LogP contribution < -0.4 is 4.74 Å². The van der Waals surface area contributed by atoms with E-state index in [-0.39, 0.29) is 0 Å². The number of hydrogen-bond acceptors (Lipinski definition) is 2. The van der Waals surface area contributed by atoms with Crippen molar-refractivity contribution in [2.24, 2.45) is 0 Å². The summed E-state index contributed by atoms with van der Waals surface area (Å²) in [5.74, 6) is 1.32. The topological polar surface area (TPSA) is 26.3 Å². The lowest BCUT2D eigenvalue weighted by molar-refractivity contribution is 0.112. The second kappa shape index (κ2) is 7.25. The third-order valence-corrected chi connectivity index (χ3v) is 3.56. The van der Waals surface area contributed by atoms with Gasteiger partial charge < -0.3 is 4.74 Å². The van der Waals surface area contributed by atoms with Gasteiger partial charge >= 0.3 is 0 Å². The van der Waals surface area contributed by atoms with Gasteiger partial charge in [-0.15, -0.1) is 0 Å². The van der Waals surface area contributed by atoms with Gasteiger partial charge in [-0.05, 0) is 48.7 Å². The van der Waals surface area contributed by atoms with E-state index >= 15 is 0 Å². The van der Waals surface area contributed by atoms with E-state index in [1.54, 1.807) is 12.1 Å². The summed E-state index contributed by atoms with van der Waals surface area (Å²) in [7, 11) is 0. The fraction of sp³-hybridized carbons (Fsp3) is 0.235.